The first-order valence-electron chi connectivity index (χ1n) is 30.6. The second kappa shape index (κ2) is 52.4. The first kappa shape index (κ1) is 69.4. The summed E-state index contributed by atoms with van der Waals surface area (Å²) in [5.41, 5.74) is 0. The fourth-order valence-corrected chi connectivity index (χ4v) is 9.18. The monoisotopic (exact) mass is 1040 g/mol. The Hall–Kier alpha value is -2.64. The molecular formula is C63H113NO10. The van der Waals surface area contributed by atoms with Crippen LogP contribution in [0.25, 0.3) is 0 Å². The lowest BCUT2D eigenvalue weighted by Gasteiger charge is -2.40. The highest BCUT2D eigenvalue weighted by molar-refractivity contribution is 5.76. The van der Waals surface area contributed by atoms with Gasteiger partial charge in [0.25, 0.3) is 0 Å². The van der Waals surface area contributed by atoms with Crippen molar-refractivity contribution in [1.82, 2.24) is 5.32 Å². The SMILES string of the molecule is CCCCC/C=C\CCCCCCCC(=O)OCCCCCCCCCCC/C=C\C/C=C\CCCCCCCCCC(=O)NC(COC1OC(CO)C(O)C(O)C1O)C(O)/C=C/CC/C=C/CCCCCCC. The zero-order valence-electron chi connectivity index (χ0n) is 47.3. The molecule has 0 aliphatic carbocycles. The van der Waals surface area contributed by atoms with Gasteiger partial charge in [0.1, 0.15) is 24.4 Å². The molecule has 0 aromatic heterocycles. The number of allylic oxidation sites excluding steroid dienone is 9. The number of carbonyl (C=O) groups is 2. The van der Waals surface area contributed by atoms with Crippen molar-refractivity contribution in [2.75, 3.05) is 19.8 Å². The molecule has 0 spiro atoms. The van der Waals surface area contributed by atoms with Crippen LogP contribution in [0, 0.1) is 0 Å². The summed E-state index contributed by atoms with van der Waals surface area (Å²) in [5.74, 6) is -0.221. The van der Waals surface area contributed by atoms with Crippen LogP contribution in [-0.2, 0) is 23.8 Å². The van der Waals surface area contributed by atoms with Crippen molar-refractivity contribution in [2.45, 2.75) is 307 Å². The Morgan fingerprint density at radius 1 is 0.500 bits per heavy atom. The molecule has 0 saturated carbocycles. The van der Waals surface area contributed by atoms with Crippen LogP contribution in [0.3, 0.4) is 0 Å². The van der Waals surface area contributed by atoms with Crippen LogP contribution in [0.5, 0.6) is 0 Å². The van der Waals surface area contributed by atoms with Crippen LogP contribution in [0.2, 0.25) is 0 Å². The number of aliphatic hydroxyl groups excluding tert-OH is 5. The van der Waals surface area contributed by atoms with Gasteiger partial charge in [0, 0.05) is 12.8 Å². The van der Waals surface area contributed by atoms with Crippen molar-refractivity contribution in [1.29, 1.82) is 0 Å². The maximum Gasteiger partial charge on any atom is 0.305 e. The van der Waals surface area contributed by atoms with E-state index in [2.05, 4.69) is 67.8 Å². The van der Waals surface area contributed by atoms with Crippen molar-refractivity contribution >= 4 is 11.9 Å². The summed E-state index contributed by atoms with van der Waals surface area (Å²) >= 11 is 0. The summed E-state index contributed by atoms with van der Waals surface area (Å²) in [4.78, 5) is 25.0. The Kier molecular flexibility index (Phi) is 49.1. The third-order valence-corrected chi connectivity index (χ3v) is 14.1. The van der Waals surface area contributed by atoms with E-state index in [0.717, 1.165) is 89.9 Å². The number of esters is 1. The molecule has 0 bridgehead atoms. The van der Waals surface area contributed by atoms with Gasteiger partial charge in [-0.3, -0.25) is 9.59 Å². The molecule has 1 aliphatic heterocycles. The minimum atomic E-state index is -1.58. The van der Waals surface area contributed by atoms with Gasteiger partial charge in [0.2, 0.25) is 5.91 Å². The minimum Gasteiger partial charge on any atom is -0.466 e. The predicted molar refractivity (Wildman–Crippen MR) is 306 cm³/mol. The van der Waals surface area contributed by atoms with Gasteiger partial charge in [-0.1, -0.05) is 209 Å². The zero-order valence-corrected chi connectivity index (χ0v) is 47.3. The van der Waals surface area contributed by atoms with Crippen LogP contribution < -0.4 is 5.32 Å². The third kappa shape index (κ3) is 41.5. The third-order valence-electron chi connectivity index (χ3n) is 14.1. The molecule has 0 aromatic carbocycles. The molecule has 430 valence electrons. The molecule has 1 aliphatic rings. The number of aliphatic hydroxyl groups is 5. The second-order valence-corrected chi connectivity index (χ2v) is 21.0. The molecule has 7 unspecified atom stereocenters. The molecule has 7 atom stereocenters. The Morgan fingerprint density at radius 2 is 0.919 bits per heavy atom. The van der Waals surface area contributed by atoms with Crippen LogP contribution in [0.4, 0.5) is 0 Å². The van der Waals surface area contributed by atoms with E-state index < -0.39 is 49.5 Å². The van der Waals surface area contributed by atoms with E-state index in [9.17, 15) is 35.1 Å². The van der Waals surface area contributed by atoms with Gasteiger partial charge in [-0.25, -0.2) is 0 Å². The Balaban J connectivity index is 2.07. The van der Waals surface area contributed by atoms with Crippen molar-refractivity contribution in [3.8, 4) is 0 Å². The van der Waals surface area contributed by atoms with Crippen molar-refractivity contribution in [2.24, 2.45) is 0 Å². The van der Waals surface area contributed by atoms with Crippen molar-refractivity contribution in [3.63, 3.8) is 0 Å². The molecule has 1 heterocycles. The normalized spacial score (nSPS) is 19.3. The number of nitrogens with one attached hydrogen (secondary N) is 1. The first-order valence-corrected chi connectivity index (χ1v) is 30.6. The fraction of sp³-hybridized carbons (Fsp3) is 0.810. The number of hydrogen-bond acceptors (Lipinski definition) is 10. The number of amides is 1. The number of rotatable bonds is 52. The summed E-state index contributed by atoms with van der Waals surface area (Å²) < 4.78 is 16.7. The van der Waals surface area contributed by atoms with Gasteiger partial charge in [-0.05, 0) is 103 Å². The van der Waals surface area contributed by atoms with Crippen molar-refractivity contribution in [3.05, 3.63) is 60.8 Å². The van der Waals surface area contributed by atoms with E-state index >= 15 is 0 Å². The van der Waals surface area contributed by atoms with Crippen LogP contribution >= 0.6 is 0 Å². The lowest BCUT2D eigenvalue weighted by molar-refractivity contribution is -0.302. The molecule has 1 saturated heterocycles. The summed E-state index contributed by atoms with van der Waals surface area (Å²) in [7, 11) is 0. The zero-order chi connectivity index (χ0) is 53.8. The molecule has 74 heavy (non-hydrogen) atoms. The summed E-state index contributed by atoms with van der Waals surface area (Å²) in [6.45, 7) is 4.26. The summed E-state index contributed by atoms with van der Waals surface area (Å²) in [6, 6.07) is -0.835. The second-order valence-electron chi connectivity index (χ2n) is 21.0. The van der Waals surface area contributed by atoms with Gasteiger partial charge in [-0.2, -0.15) is 0 Å². The molecule has 1 amide bonds. The summed E-state index contributed by atoms with van der Waals surface area (Å²) in [6.07, 6.45) is 57.5. The van der Waals surface area contributed by atoms with E-state index in [-0.39, 0.29) is 18.5 Å². The molecule has 6 N–H and O–H groups in total. The lowest BCUT2D eigenvalue weighted by Crippen LogP contribution is -2.60. The number of ether oxygens (including phenoxy) is 3. The Morgan fingerprint density at radius 3 is 1.45 bits per heavy atom. The molecule has 11 nitrogen and oxygen atoms in total. The summed E-state index contributed by atoms with van der Waals surface area (Å²) in [5, 5.41) is 54.3. The smallest absolute Gasteiger partial charge is 0.305 e. The van der Waals surface area contributed by atoms with E-state index in [1.807, 2.05) is 6.08 Å². The van der Waals surface area contributed by atoms with Crippen LogP contribution in [0.15, 0.2) is 60.8 Å². The van der Waals surface area contributed by atoms with E-state index in [0.29, 0.717) is 19.4 Å². The standard InChI is InChI=1S/C63H113NO10/c1-3-5-7-9-11-13-15-31-35-39-43-47-51-59(68)72-52-48-44-40-36-32-28-26-24-22-20-18-16-17-19-21-23-25-27-30-34-38-42-46-50-58(67)64-55(54-73-63-62(71)61(70)60(69)57(53-65)74-63)56(66)49-45-41-37-33-29-14-12-10-8-6-4-2/h11,13,16,18-19,21,29,33,45,49,55-57,60-63,65-66,69-71H,3-10,12,14-15,17,20,22-28,30-32,34-44,46-48,50-54H2,1-2H3,(H,64,67)/b13-11-,18-16-,21-19-,33-29+,49-45+. The van der Waals surface area contributed by atoms with Crippen LogP contribution in [0.1, 0.15) is 264 Å². The Labute approximate surface area is 452 Å². The lowest BCUT2D eigenvalue weighted by atomic mass is 9.99. The maximum atomic E-state index is 13.0. The number of unbranched alkanes of at least 4 members (excludes halogenated alkanes) is 30. The van der Waals surface area contributed by atoms with E-state index in [1.165, 1.54) is 148 Å². The van der Waals surface area contributed by atoms with Gasteiger partial charge in [0.15, 0.2) is 6.29 Å². The average Bonchev–Trinajstić information content (AvgIpc) is 3.40. The highest BCUT2D eigenvalue weighted by Crippen LogP contribution is 2.23. The number of carbonyl (C=O) groups excluding carboxylic acids is 2. The fourth-order valence-electron chi connectivity index (χ4n) is 9.18. The number of hydrogen-bond donors (Lipinski definition) is 6. The molecule has 0 radical (unpaired) electrons. The predicted octanol–water partition coefficient (Wildman–Crippen LogP) is 14.2. The largest absolute Gasteiger partial charge is 0.466 e. The molecule has 0 aromatic rings. The highest BCUT2D eigenvalue weighted by Gasteiger charge is 2.44. The molecule has 1 rings (SSSR count). The van der Waals surface area contributed by atoms with Gasteiger partial charge in [-0.15, -0.1) is 0 Å². The Bertz CT molecular complexity index is 1410. The van der Waals surface area contributed by atoms with Crippen molar-refractivity contribution < 1.29 is 49.3 Å². The van der Waals surface area contributed by atoms with Gasteiger partial charge < -0.3 is 45.1 Å². The molecule has 11 heteroatoms. The quantitative estimate of drug-likeness (QED) is 0.0195. The van der Waals surface area contributed by atoms with Gasteiger partial charge in [0.05, 0.1) is 32.0 Å². The maximum absolute atomic E-state index is 13.0. The van der Waals surface area contributed by atoms with Crippen LogP contribution in [-0.4, -0.2) is 100 Å². The van der Waals surface area contributed by atoms with E-state index in [1.54, 1.807) is 6.08 Å². The van der Waals surface area contributed by atoms with Gasteiger partial charge >= 0.3 is 5.97 Å². The topological polar surface area (TPSA) is 175 Å². The van der Waals surface area contributed by atoms with E-state index in [4.69, 9.17) is 14.2 Å². The molecular weight excluding hydrogens is 931 g/mol. The minimum absolute atomic E-state index is 0.0161. The highest BCUT2D eigenvalue weighted by atomic mass is 16.7. The average molecular weight is 1040 g/mol. The first-order chi connectivity index (χ1) is 36.2. The molecule has 1 fully saturated rings.